The Morgan fingerprint density at radius 2 is 2.00 bits per heavy atom. The van der Waals surface area contributed by atoms with Crippen LogP contribution in [0, 0.1) is 5.92 Å². The Morgan fingerprint density at radius 1 is 1.25 bits per heavy atom. The number of nitrogens with one attached hydrogen (secondary N) is 1. The first kappa shape index (κ1) is 16.7. The highest BCUT2D eigenvalue weighted by Crippen LogP contribution is 2.22. The van der Waals surface area contributed by atoms with Crippen molar-refractivity contribution in [3.8, 4) is 0 Å². The molecule has 3 nitrogen and oxygen atoms in total. The van der Waals surface area contributed by atoms with Crippen molar-refractivity contribution < 1.29 is 0 Å². The Hall–Kier alpha value is -1.35. The van der Waals surface area contributed by atoms with Crippen LogP contribution in [0.25, 0.3) is 0 Å². The molecule has 1 rings (SSSR count). The maximum Gasteiger partial charge on any atom is 0.0277 e. The minimum absolute atomic E-state index is 0.431. The largest absolute Gasteiger partial charge is 0.388 e. The molecule has 0 saturated heterocycles. The lowest BCUT2D eigenvalue weighted by molar-refractivity contribution is 0.320. The summed E-state index contributed by atoms with van der Waals surface area (Å²) in [6.07, 6.45) is 18.0. The van der Waals surface area contributed by atoms with Crippen LogP contribution in [0.2, 0.25) is 0 Å². The highest BCUT2D eigenvalue weighted by molar-refractivity contribution is 5.70. The highest BCUT2D eigenvalue weighted by atomic mass is 14.9. The fraction of sp³-hybridized carbons (Fsp3) is 0.588. The molecule has 0 heterocycles. The van der Waals surface area contributed by atoms with Gasteiger partial charge in [-0.05, 0) is 50.7 Å². The van der Waals surface area contributed by atoms with Gasteiger partial charge in [0, 0.05) is 38.0 Å². The summed E-state index contributed by atoms with van der Waals surface area (Å²) in [6.45, 7) is 3.10. The van der Waals surface area contributed by atoms with Crippen LogP contribution in [0.5, 0.6) is 0 Å². The topological polar surface area (TPSA) is 50.4 Å². The normalized spacial score (nSPS) is 25.1. The Labute approximate surface area is 123 Å². The van der Waals surface area contributed by atoms with E-state index in [-0.39, 0.29) is 0 Å². The minimum Gasteiger partial charge on any atom is -0.388 e. The zero-order valence-electron chi connectivity index (χ0n) is 12.9. The Kier molecular flexibility index (Phi) is 8.72. The Bertz CT molecular complexity index is 358. The van der Waals surface area contributed by atoms with Gasteiger partial charge >= 0.3 is 0 Å². The summed E-state index contributed by atoms with van der Waals surface area (Å²) in [4.78, 5) is 3.94. The molecule has 1 aliphatic rings. The van der Waals surface area contributed by atoms with Gasteiger partial charge in [-0.2, -0.15) is 0 Å². The predicted octanol–water partition coefficient (Wildman–Crippen LogP) is 3.20. The summed E-state index contributed by atoms with van der Waals surface area (Å²) < 4.78 is 0. The van der Waals surface area contributed by atoms with E-state index < -0.39 is 0 Å². The number of rotatable bonds is 7. The highest BCUT2D eigenvalue weighted by Gasteiger charge is 2.18. The molecule has 0 aromatic rings. The van der Waals surface area contributed by atoms with Crippen LogP contribution in [0.4, 0.5) is 0 Å². The molecule has 0 amide bonds. The minimum atomic E-state index is 0.431. The molecular formula is C17H29N3. The maximum atomic E-state index is 5.95. The van der Waals surface area contributed by atoms with Crippen molar-refractivity contribution in [2.24, 2.45) is 16.6 Å². The van der Waals surface area contributed by atoms with Crippen LogP contribution in [0.1, 0.15) is 39.0 Å². The van der Waals surface area contributed by atoms with Crippen LogP contribution < -0.4 is 11.1 Å². The van der Waals surface area contributed by atoms with Crippen molar-refractivity contribution in [3.63, 3.8) is 0 Å². The molecule has 1 saturated carbocycles. The second kappa shape index (κ2) is 10.4. The summed E-state index contributed by atoms with van der Waals surface area (Å²) in [5.41, 5.74) is 7.21. The fourth-order valence-electron chi connectivity index (χ4n) is 2.42. The van der Waals surface area contributed by atoms with E-state index >= 15 is 0 Å². The monoisotopic (exact) mass is 275 g/mol. The smallest absolute Gasteiger partial charge is 0.0277 e. The number of hydrogen-bond acceptors (Lipinski definition) is 3. The lowest BCUT2D eigenvalue weighted by atomic mass is 9.86. The van der Waals surface area contributed by atoms with Gasteiger partial charge in [-0.3, -0.25) is 4.99 Å². The van der Waals surface area contributed by atoms with Crippen LogP contribution in [0.15, 0.2) is 41.1 Å². The summed E-state index contributed by atoms with van der Waals surface area (Å²) in [6, 6.07) is 0.431. The van der Waals surface area contributed by atoms with Crippen LogP contribution in [-0.2, 0) is 0 Å². The third-order valence-corrected chi connectivity index (χ3v) is 3.71. The van der Waals surface area contributed by atoms with Gasteiger partial charge in [0.1, 0.15) is 0 Å². The molecule has 0 atom stereocenters. The van der Waals surface area contributed by atoms with E-state index in [1.54, 1.807) is 7.05 Å². The van der Waals surface area contributed by atoms with E-state index in [0.29, 0.717) is 6.04 Å². The van der Waals surface area contributed by atoms with Crippen molar-refractivity contribution in [1.82, 2.24) is 5.32 Å². The summed E-state index contributed by atoms with van der Waals surface area (Å²) in [5.74, 6) is 0.769. The van der Waals surface area contributed by atoms with Gasteiger partial charge < -0.3 is 11.1 Å². The van der Waals surface area contributed by atoms with Crippen molar-refractivity contribution in [3.05, 3.63) is 36.1 Å². The van der Waals surface area contributed by atoms with E-state index in [4.69, 9.17) is 5.73 Å². The van der Waals surface area contributed by atoms with Crippen LogP contribution in [-0.4, -0.2) is 25.8 Å². The molecule has 1 fully saturated rings. The molecule has 0 aromatic heterocycles. The summed E-state index contributed by atoms with van der Waals surface area (Å²) in [5, 5.41) is 3.59. The molecule has 0 radical (unpaired) electrons. The van der Waals surface area contributed by atoms with Gasteiger partial charge in [0.2, 0.25) is 0 Å². The molecule has 0 bridgehead atoms. The van der Waals surface area contributed by atoms with Crippen molar-refractivity contribution >= 4 is 6.21 Å². The Morgan fingerprint density at radius 3 is 2.65 bits per heavy atom. The number of allylic oxidation sites excluding steroid dienone is 5. The molecule has 3 heteroatoms. The first-order valence-corrected chi connectivity index (χ1v) is 7.64. The van der Waals surface area contributed by atoms with Gasteiger partial charge in [0.25, 0.3) is 0 Å². The average Bonchev–Trinajstić information content (AvgIpc) is 2.47. The predicted molar refractivity (Wildman–Crippen MR) is 89.0 cm³/mol. The average molecular weight is 275 g/mol. The lowest BCUT2D eigenvalue weighted by Gasteiger charge is -2.26. The standard InChI is InChI=1S/C17H29N3/c1-3-4-7-17(8-5-6-13-19-2)20-14-15-9-11-16(18)12-10-15/h3-7,13,15-16,20H,8-12,14,18H2,1-2H3/b4-3-,6-5-,17-7+,19-13-. The van der Waals surface area contributed by atoms with E-state index in [1.807, 2.05) is 19.2 Å². The third-order valence-electron chi connectivity index (χ3n) is 3.71. The molecular weight excluding hydrogens is 246 g/mol. The van der Waals surface area contributed by atoms with Gasteiger partial charge in [-0.15, -0.1) is 0 Å². The SMILES string of the molecule is C/C=C\C=C(/C/C=C\C=N/C)NCC1CCC(N)CC1. The van der Waals surface area contributed by atoms with Gasteiger partial charge in [-0.25, -0.2) is 0 Å². The van der Waals surface area contributed by atoms with Crippen LogP contribution in [0.3, 0.4) is 0 Å². The molecule has 0 unspecified atom stereocenters. The quantitative estimate of drug-likeness (QED) is 0.554. The van der Waals surface area contributed by atoms with E-state index in [1.165, 1.54) is 31.4 Å². The molecule has 20 heavy (non-hydrogen) atoms. The van der Waals surface area contributed by atoms with Gasteiger partial charge in [0.05, 0.1) is 0 Å². The van der Waals surface area contributed by atoms with E-state index in [9.17, 15) is 0 Å². The third kappa shape index (κ3) is 7.29. The summed E-state index contributed by atoms with van der Waals surface area (Å²) >= 11 is 0. The molecule has 0 spiro atoms. The van der Waals surface area contributed by atoms with E-state index in [2.05, 4.69) is 34.6 Å². The zero-order valence-corrected chi connectivity index (χ0v) is 12.9. The first-order valence-electron chi connectivity index (χ1n) is 7.64. The Balaban J connectivity index is 2.40. The second-order valence-corrected chi connectivity index (χ2v) is 5.42. The fourth-order valence-corrected chi connectivity index (χ4v) is 2.42. The van der Waals surface area contributed by atoms with E-state index in [0.717, 1.165) is 18.9 Å². The molecule has 0 aromatic carbocycles. The number of nitrogens with two attached hydrogens (primary N) is 1. The molecule has 112 valence electrons. The number of hydrogen-bond donors (Lipinski definition) is 2. The lowest BCUT2D eigenvalue weighted by Crippen LogP contribution is -2.31. The second-order valence-electron chi connectivity index (χ2n) is 5.42. The zero-order chi connectivity index (χ0) is 14.6. The maximum absolute atomic E-state index is 5.95. The number of nitrogens with zero attached hydrogens (tertiary/aromatic N) is 1. The number of aliphatic imine (C=N–C) groups is 1. The van der Waals surface area contributed by atoms with Crippen molar-refractivity contribution in [2.45, 2.75) is 45.1 Å². The van der Waals surface area contributed by atoms with Crippen LogP contribution >= 0.6 is 0 Å². The van der Waals surface area contributed by atoms with Gasteiger partial charge in [0.15, 0.2) is 0 Å². The van der Waals surface area contributed by atoms with Crippen molar-refractivity contribution in [2.75, 3.05) is 13.6 Å². The summed E-state index contributed by atoms with van der Waals surface area (Å²) in [7, 11) is 1.78. The molecule has 0 aliphatic heterocycles. The van der Waals surface area contributed by atoms with Gasteiger partial charge in [-0.1, -0.05) is 18.2 Å². The molecule has 3 N–H and O–H groups in total. The first-order chi connectivity index (χ1) is 9.76. The van der Waals surface area contributed by atoms with Crippen molar-refractivity contribution in [1.29, 1.82) is 0 Å². The molecule has 1 aliphatic carbocycles.